The fraction of sp³-hybridized carbons (Fsp3) is 0.263. The Balaban J connectivity index is 1.97. The Morgan fingerprint density at radius 2 is 1.45 bits per heavy atom. The number of hydrogen-bond acceptors (Lipinski definition) is 2. The average Bonchev–Trinajstić information content (AvgIpc) is 2.52. The summed E-state index contributed by atoms with van der Waals surface area (Å²) < 4.78 is 0. The Morgan fingerprint density at radius 1 is 0.864 bits per heavy atom. The lowest BCUT2D eigenvalue weighted by Crippen LogP contribution is -2.29. The summed E-state index contributed by atoms with van der Waals surface area (Å²) in [7, 11) is 0. The highest BCUT2D eigenvalue weighted by atomic mass is 16.2. The molecule has 2 rings (SSSR count). The first-order valence-electron chi connectivity index (χ1n) is 7.35. The fourth-order valence-electron chi connectivity index (χ4n) is 2.11. The van der Waals surface area contributed by atoms with Gasteiger partial charge >= 0.3 is 0 Å². The van der Waals surface area contributed by atoms with Crippen LogP contribution < -0.4 is 5.32 Å². The molecule has 0 unspecified atom stereocenters. The lowest BCUT2D eigenvalue weighted by atomic mass is 9.86. The minimum Gasteiger partial charge on any atom is -0.345 e. The van der Waals surface area contributed by atoms with Crippen molar-refractivity contribution in [3.8, 4) is 0 Å². The number of benzene rings is 2. The summed E-state index contributed by atoms with van der Waals surface area (Å²) in [6, 6.07) is 16.4. The van der Waals surface area contributed by atoms with Gasteiger partial charge in [0.1, 0.15) is 0 Å². The molecule has 3 nitrogen and oxygen atoms in total. The van der Waals surface area contributed by atoms with Gasteiger partial charge in [0, 0.05) is 11.1 Å². The SMILES string of the molecule is CC(C)(C)c1ccc(C(=O)CNC(=O)c2ccccc2)cc1. The van der Waals surface area contributed by atoms with Crippen molar-refractivity contribution in [2.24, 2.45) is 0 Å². The lowest BCUT2D eigenvalue weighted by Gasteiger charge is -2.19. The highest BCUT2D eigenvalue weighted by Gasteiger charge is 2.14. The maximum atomic E-state index is 12.1. The highest BCUT2D eigenvalue weighted by molar-refractivity contribution is 6.02. The van der Waals surface area contributed by atoms with Crippen molar-refractivity contribution in [1.29, 1.82) is 0 Å². The molecular formula is C19H21NO2. The fourth-order valence-corrected chi connectivity index (χ4v) is 2.11. The second-order valence-corrected chi connectivity index (χ2v) is 6.30. The molecule has 3 heteroatoms. The molecule has 0 aliphatic rings. The van der Waals surface area contributed by atoms with Gasteiger partial charge in [-0.3, -0.25) is 9.59 Å². The second-order valence-electron chi connectivity index (χ2n) is 6.30. The van der Waals surface area contributed by atoms with Gasteiger partial charge in [0.2, 0.25) is 0 Å². The largest absolute Gasteiger partial charge is 0.345 e. The van der Waals surface area contributed by atoms with Crippen LogP contribution in [0.1, 0.15) is 47.1 Å². The maximum Gasteiger partial charge on any atom is 0.251 e. The van der Waals surface area contributed by atoms with Crippen molar-refractivity contribution >= 4 is 11.7 Å². The number of ketones is 1. The number of rotatable bonds is 4. The quantitative estimate of drug-likeness (QED) is 0.876. The van der Waals surface area contributed by atoms with E-state index in [0.717, 1.165) is 0 Å². The summed E-state index contributed by atoms with van der Waals surface area (Å²) in [6.45, 7) is 6.39. The number of amides is 1. The molecule has 0 fully saturated rings. The molecule has 22 heavy (non-hydrogen) atoms. The molecule has 0 spiro atoms. The molecule has 0 bridgehead atoms. The number of hydrogen-bond donors (Lipinski definition) is 1. The Morgan fingerprint density at radius 3 is 2.00 bits per heavy atom. The number of carbonyl (C=O) groups excluding carboxylic acids is 2. The van der Waals surface area contributed by atoms with E-state index in [9.17, 15) is 9.59 Å². The van der Waals surface area contributed by atoms with E-state index in [1.165, 1.54) is 5.56 Å². The van der Waals surface area contributed by atoms with E-state index < -0.39 is 0 Å². The van der Waals surface area contributed by atoms with E-state index in [0.29, 0.717) is 11.1 Å². The van der Waals surface area contributed by atoms with E-state index in [1.807, 2.05) is 30.3 Å². The summed E-state index contributed by atoms with van der Waals surface area (Å²) in [5.41, 5.74) is 2.40. The molecule has 0 radical (unpaired) electrons. The topological polar surface area (TPSA) is 46.2 Å². The van der Waals surface area contributed by atoms with Crippen molar-refractivity contribution < 1.29 is 9.59 Å². The van der Waals surface area contributed by atoms with Crippen molar-refractivity contribution in [3.05, 3.63) is 71.3 Å². The van der Waals surface area contributed by atoms with Crippen LogP contribution in [0.25, 0.3) is 0 Å². The van der Waals surface area contributed by atoms with Crippen LogP contribution in [0.5, 0.6) is 0 Å². The third-order valence-electron chi connectivity index (χ3n) is 3.52. The standard InChI is InChI=1S/C19H21NO2/c1-19(2,3)16-11-9-14(10-12-16)17(21)13-20-18(22)15-7-5-4-6-8-15/h4-12H,13H2,1-3H3,(H,20,22). The van der Waals surface area contributed by atoms with Gasteiger partial charge in [-0.15, -0.1) is 0 Å². The average molecular weight is 295 g/mol. The highest BCUT2D eigenvalue weighted by Crippen LogP contribution is 2.22. The molecule has 0 aliphatic heterocycles. The van der Waals surface area contributed by atoms with Gasteiger partial charge in [-0.05, 0) is 23.1 Å². The Bertz CT molecular complexity index is 652. The third kappa shape index (κ3) is 4.04. The minimum atomic E-state index is -0.236. The summed E-state index contributed by atoms with van der Waals surface area (Å²) >= 11 is 0. The summed E-state index contributed by atoms with van der Waals surface area (Å²) in [4.78, 5) is 24.0. The molecule has 114 valence electrons. The normalized spacial score (nSPS) is 11.0. The van der Waals surface area contributed by atoms with Gasteiger partial charge < -0.3 is 5.32 Å². The van der Waals surface area contributed by atoms with Crippen LogP contribution in [-0.4, -0.2) is 18.2 Å². The van der Waals surface area contributed by atoms with Crippen molar-refractivity contribution in [1.82, 2.24) is 5.32 Å². The van der Waals surface area contributed by atoms with Crippen LogP contribution in [0.4, 0.5) is 0 Å². The summed E-state index contributed by atoms with van der Waals surface area (Å²) in [5, 5.41) is 2.65. The predicted octanol–water partition coefficient (Wildman–Crippen LogP) is 3.60. The van der Waals surface area contributed by atoms with Crippen LogP contribution in [0, 0.1) is 0 Å². The molecule has 0 saturated carbocycles. The molecule has 2 aromatic carbocycles. The summed E-state index contributed by atoms with van der Waals surface area (Å²) in [5.74, 6) is -0.329. The van der Waals surface area contributed by atoms with Crippen LogP contribution in [0.3, 0.4) is 0 Å². The number of Topliss-reactive ketones (excluding diaryl/α,β-unsaturated/α-hetero) is 1. The number of carbonyl (C=O) groups is 2. The van der Waals surface area contributed by atoms with Crippen LogP contribution in [0.2, 0.25) is 0 Å². The first kappa shape index (κ1) is 16.0. The van der Waals surface area contributed by atoms with E-state index in [-0.39, 0.29) is 23.7 Å². The van der Waals surface area contributed by atoms with Crippen LogP contribution >= 0.6 is 0 Å². The Labute approximate surface area is 131 Å². The van der Waals surface area contributed by atoms with Crippen molar-refractivity contribution in [2.75, 3.05) is 6.54 Å². The molecule has 0 aromatic heterocycles. The molecule has 1 amide bonds. The van der Waals surface area contributed by atoms with Crippen molar-refractivity contribution in [2.45, 2.75) is 26.2 Å². The van der Waals surface area contributed by atoms with Crippen LogP contribution in [-0.2, 0) is 5.41 Å². The molecule has 0 atom stereocenters. The Hall–Kier alpha value is -2.42. The molecular weight excluding hydrogens is 274 g/mol. The van der Waals surface area contributed by atoms with Gasteiger partial charge in [0.25, 0.3) is 5.91 Å². The van der Waals surface area contributed by atoms with Gasteiger partial charge in [0.15, 0.2) is 5.78 Å². The Kier molecular flexibility index (Phi) is 4.76. The monoisotopic (exact) mass is 295 g/mol. The van der Waals surface area contributed by atoms with E-state index in [1.54, 1.807) is 24.3 Å². The maximum absolute atomic E-state index is 12.1. The molecule has 0 saturated heterocycles. The zero-order valence-electron chi connectivity index (χ0n) is 13.2. The third-order valence-corrected chi connectivity index (χ3v) is 3.52. The lowest BCUT2D eigenvalue weighted by molar-refractivity contribution is 0.0904. The van der Waals surface area contributed by atoms with Gasteiger partial charge in [-0.25, -0.2) is 0 Å². The first-order valence-corrected chi connectivity index (χ1v) is 7.35. The molecule has 0 aliphatic carbocycles. The minimum absolute atomic E-state index is 0.00257. The number of nitrogens with one attached hydrogen (secondary N) is 1. The second kappa shape index (κ2) is 6.56. The predicted molar refractivity (Wildman–Crippen MR) is 88.2 cm³/mol. The molecule has 0 heterocycles. The van der Waals surface area contributed by atoms with Gasteiger partial charge in [-0.1, -0.05) is 63.2 Å². The first-order chi connectivity index (χ1) is 10.4. The zero-order valence-corrected chi connectivity index (χ0v) is 13.2. The molecule has 1 N–H and O–H groups in total. The van der Waals surface area contributed by atoms with Gasteiger partial charge in [0.05, 0.1) is 6.54 Å². The van der Waals surface area contributed by atoms with E-state index in [4.69, 9.17) is 0 Å². The zero-order chi connectivity index (χ0) is 16.2. The molecule has 2 aromatic rings. The van der Waals surface area contributed by atoms with Crippen LogP contribution in [0.15, 0.2) is 54.6 Å². The smallest absolute Gasteiger partial charge is 0.251 e. The van der Waals surface area contributed by atoms with E-state index >= 15 is 0 Å². The van der Waals surface area contributed by atoms with E-state index in [2.05, 4.69) is 26.1 Å². The van der Waals surface area contributed by atoms with Gasteiger partial charge in [-0.2, -0.15) is 0 Å². The van der Waals surface area contributed by atoms with Crippen molar-refractivity contribution in [3.63, 3.8) is 0 Å². The summed E-state index contributed by atoms with van der Waals surface area (Å²) in [6.07, 6.45) is 0.